The zero-order chi connectivity index (χ0) is 19.8. The molecule has 0 unspecified atom stereocenters. The van der Waals surface area contributed by atoms with Gasteiger partial charge >= 0.3 is 0 Å². The van der Waals surface area contributed by atoms with E-state index in [1.54, 1.807) is 0 Å². The number of nitriles is 1. The molecule has 2 fully saturated rings. The summed E-state index contributed by atoms with van der Waals surface area (Å²) in [5.74, 6) is 2.44. The number of aromatic nitrogens is 4. The summed E-state index contributed by atoms with van der Waals surface area (Å²) in [5.41, 5.74) is 2.05. The Morgan fingerprint density at radius 2 is 2.07 bits per heavy atom. The molecule has 0 aliphatic carbocycles. The van der Waals surface area contributed by atoms with Crippen LogP contribution in [0.15, 0.2) is 24.4 Å². The molecule has 2 aliphatic rings. The number of nitrogens with zero attached hydrogens (tertiary/aromatic N) is 4. The topological polar surface area (TPSA) is 108 Å². The second-order valence-corrected chi connectivity index (χ2v) is 8.20. The molecular formula is C21H26N8. The maximum atomic E-state index is 8.94. The van der Waals surface area contributed by atoms with Gasteiger partial charge in [0.25, 0.3) is 0 Å². The van der Waals surface area contributed by atoms with E-state index in [1.807, 2.05) is 25.3 Å². The predicted molar refractivity (Wildman–Crippen MR) is 113 cm³/mol. The Bertz CT molecular complexity index is 1030. The van der Waals surface area contributed by atoms with Crippen LogP contribution >= 0.6 is 0 Å². The highest BCUT2D eigenvalue weighted by Crippen LogP contribution is 2.37. The van der Waals surface area contributed by atoms with Gasteiger partial charge in [0.2, 0.25) is 0 Å². The summed E-state index contributed by atoms with van der Waals surface area (Å²) in [7, 11) is 0. The first-order chi connectivity index (χ1) is 14.2. The molecule has 3 atom stereocenters. The van der Waals surface area contributed by atoms with Gasteiger partial charge in [0.15, 0.2) is 5.82 Å². The molecule has 0 radical (unpaired) electrons. The van der Waals surface area contributed by atoms with Gasteiger partial charge in [-0.2, -0.15) is 10.4 Å². The molecule has 0 aromatic carbocycles. The van der Waals surface area contributed by atoms with E-state index in [-0.39, 0.29) is 0 Å². The zero-order valence-corrected chi connectivity index (χ0v) is 16.6. The maximum absolute atomic E-state index is 8.94. The molecule has 2 aliphatic heterocycles. The van der Waals surface area contributed by atoms with Crippen LogP contribution in [0.5, 0.6) is 0 Å². The third kappa shape index (κ3) is 3.54. The van der Waals surface area contributed by atoms with Crippen LogP contribution in [0.3, 0.4) is 0 Å². The number of piperidine rings is 1. The summed E-state index contributed by atoms with van der Waals surface area (Å²) in [6.45, 7) is 2.88. The van der Waals surface area contributed by atoms with Crippen LogP contribution in [-0.2, 0) is 0 Å². The Hall–Kier alpha value is -3.05. The quantitative estimate of drug-likeness (QED) is 0.511. The lowest BCUT2D eigenvalue weighted by Gasteiger charge is -2.39. The number of anilines is 3. The lowest BCUT2D eigenvalue weighted by molar-refractivity contribution is 0.136. The molecule has 8 nitrogen and oxygen atoms in total. The fourth-order valence-electron chi connectivity index (χ4n) is 4.97. The van der Waals surface area contributed by atoms with Gasteiger partial charge in [-0.25, -0.2) is 4.98 Å². The molecule has 150 valence electrons. The lowest BCUT2D eigenvalue weighted by atomic mass is 9.97. The standard InChI is InChI=1S/C21H26N8/c1-13-9-20(28-27-13)25-19-12-18-17(5-7-23-18)21(26-19)24-14-10-15-3-4-16(11-14)29(15)8-2-6-22/h5,7,9,12,14-16,23H,2-4,8,10-11H2,1H3,(H3,24,25,26,27,28)/t14-,15-,16+. The number of rotatable bonds is 6. The molecule has 3 aromatic rings. The van der Waals surface area contributed by atoms with Crippen molar-refractivity contribution in [3.8, 4) is 6.07 Å². The molecule has 0 amide bonds. The van der Waals surface area contributed by atoms with E-state index < -0.39 is 0 Å². The maximum Gasteiger partial charge on any atom is 0.153 e. The van der Waals surface area contributed by atoms with Crippen molar-refractivity contribution in [3.05, 3.63) is 30.1 Å². The van der Waals surface area contributed by atoms with E-state index in [4.69, 9.17) is 10.2 Å². The van der Waals surface area contributed by atoms with Gasteiger partial charge < -0.3 is 15.6 Å². The monoisotopic (exact) mass is 390 g/mol. The summed E-state index contributed by atoms with van der Waals surface area (Å²) in [6, 6.07) is 9.90. The molecule has 29 heavy (non-hydrogen) atoms. The second-order valence-electron chi connectivity index (χ2n) is 8.20. The average Bonchev–Trinajstić information content (AvgIpc) is 3.39. The van der Waals surface area contributed by atoms with Gasteiger partial charge in [-0.3, -0.25) is 10.00 Å². The van der Waals surface area contributed by atoms with E-state index in [0.29, 0.717) is 24.5 Å². The normalized spacial score (nSPS) is 23.9. The minimum atomic E-state index is 0.402. The average molecular weight is 390 g/mol. The highest BCUT2D eigenvalue weighted by molar-refractivity contribution is 5.92. The van der Waals surface area contributed by atoms with E-state index >= 15 is 0 Å². The van der Waals surface area contributed by atoms with E-state index in [1.165, 1.54) is 12.8 Å². The summed E-state index contributed by atoms with van der Waals surface area (Å²) >= 11 is 0. The van der Waals surface area contributed by atoms with Crippen molar-refractivity contribution in [2.45, 2.75) is 57.2 Å². The Morgan fingerprint density at radius 3 is 2.79 bits per heavy atom. The Labute approximate surface area is 169 Å². The Balaban J connectivity index is 1.35. The van der Waals surface area contributed by atoms with Crippen LogP contribution in [0.2, 0.25) is 0 Å². The van der Waals surface area contributed by atoms with Crippen molar-refractivity contribution in [1.29, 1.82) is 5.26 Å². The van der Waals surface area contributed by atoms with Crippen LogP contribution in [-0.4, -0.2) is 49.7 Å². The van der Waals surface area contributed by atoms with Crippen molar-refractivity contribution < 1.29 is 0 Å². The molecule has 0 spiro atoms. The number of aromatic amines is 2. The van der Waals surface area contributed by atoms with Gasteiger partial charge in [0.1, 0.15) is 11.6 Å². The lowest BCUT2D eigenvalue weighted by Crippen LogP contribution is -2.47. The smallest absolute Gasteiger partial charge is 0.153 e. The number of hydrogen-bond donors (Lipinski definition) is 4. The second kappa shape index (κ2) is 7.41. The SMILES string of the molecule is Cc1cc(Nc2cc3[nH]ccc3c(N[C@@H]3C[C@H]4CC[C@@H](C3)N4CCC#N)n2)n[nH]1. The van der Waals surface area contributed by atoms with E-state index in [9.17, 15) is 0 Å². The van der Waals surface area contributed by atoms with Crippen molar-refractivity contribution in [2.75, 3.05) is 17.2 Å². The first-order valence-electron chi connectivity index (χ1n) is 10.4. The number of fused-ring (bicyclic) bond motifs is 3. The summed E-state index contributed by atoms with van der Waals surface area (Å²) in [6.07, 6.45) is 7.26. The minimum Gasteiger partial charge on any atom is -0.367 e. The Morgan fingerprint density at radius 1 is 1.24 bits per heavy atom. The van der Waals surface area contributed by atoms with Crippen molar-refractivity contribution in [2.24, 2.45) is 0 Å². The Kier molecular flexibility index (Phi) is 4.60. The number of pyridine rings is 1. The first kappa shape index (κ1) is 18.0. The fourth-order valence-corrected chi connectivity index (χ4v) is 4.97. The van der Waals surface area contributed by atoms with E-state index in [0.717, 1.165) is 53.4 Å². The number of H-pyrrole nitrogens is 2. The van der Waals surface area contributed by atoms with Gasteiger partial charge in [-0.05, 0) is 38.7 Å². The number of nitrogens with one attached hydrogen (secondary N) is 4. The summed E-state index contributed by atoms with van der Waals surface area (Å²) < 4.78 is 0. The molecule has 8 heteroatoms. The highest BCUT2D eigenvalue weighted by Gasteiger charge is 2.40. The molecule has 2 saturated heterocycles. The number of aryl methyl sites for hydroxylation is 1. The van der Waals surface area contributed by atoms with Crippen LogP contribution in [0.1, 0.15) is 37.8 Å². The third-order valence-corrected chi connectivity index (χ3v) is 6.22. The van der Waals surface area contributed by atoms with Gasteiger partial charge in [0.05, 0.1) is 11.6 Å². The molecule has 4 N–H and O–H groups in total. The van der Waals surface area contributed by atoms with Gasteiger partial charge in [-0.15, -0.1) is 0 Å². The zero-order valence-electron chi connectivity index (χ0n) is 16.6. The van der Waals surface area contributed by atoms with Gasteiger partial charge in [0, 0.05) is 60.5 Å². The predicted octanol–water partition coefficient (Wildman–Crippen LogP) is 3.66. The fraction of sp³-hybridized carbons (Fsp3) is 0.476. The summed E-state index contributed by atoms with van der Waals surface area (Å²) in [4.78, 5) is 10.7. The van der Waals surface area contributed by atoms with Gasteiger partial charge in [-0.1, -0.05) is 0 Å². The molecule has 2 bridgehead atoms. The van der Waals surface area contributed by atoms with Crippen molar-refractivity contribution >= 4 is 28.4 Å². The third-order valence-electron chi connectivity index (χ3n) is 6.22. The molecule has 5 rings (SSSR count). The van der Waals surface area contributed by atoms with Crippen LogP contribution in [0.25, 0.3) is 10.9 Å². The number of hydrogen-bond acceptors (Lipinski definition) is 6. The largest absolute Gasteiger partial charge is 0.367 e. The van der Waals surface area contributed by atoms with Crippen LogP contribution in [0.4, 0.5) is 17.5 Å². The van der Waals surface area contributed by atoms with Crippen molar-refractivity contribution in [3.63, 3.8) is 0 Å². The van der Waals surface area contributed by atoms with Crippen LogP contribution < -0.4 is 10.6 Å². The molecular weight excluding hydrogens is 364 g/mol. The summed E-state index contributed by atoms with van der Waals surface area (Å²) in [5, 5.41) is 24.3. The first-order valence-corrected chi connectivity index (χ1v) is 10.4. The van der Waals surface area contributed by atoms with E-state index in [2.05, 4.69) is 42.9 Å². The van der Waals surface area contributed by atoms with Crippen molar-refractivity contribution in [1.82, 2.24) is 25.1 Å². The molecule has 0 saturated carbocycles. The van der Waals surface area contributed by atoms with Crippen LogP contribution in [0, 0.1) is 18.3 Å². The minimum absolute atomic E-state index is 0.402. The highest BCUT2D eigenvalue weighted by atomic mass is 15.2. The molecule has 3 aromatic heterocycles. The molecule has 5 heterocycles.